The molecule has 0 unspecified atom stereocenters. The molecule has 3 heteroatoms. The highest BCUT2D eigenvalue weighted by molar-refractivity contribution is 6.31. The summed E-state index contributed by atoms with van der Waals surface area (Å²) in [6.45, 7) is 4.68. The Hall–Kier alpha value is -4.37. The zero-order valence-electron chi connectivity index (χ0n) is 19.5. The highest BCUT2D eigenvalue weighted by Crippen LogP contribution is 2.57. The molecule has 0 spiro atoms. The lowest BCUT2D eigenvalue weighted by molar-refractivity contribution is 0.656. The van der Waals surface area contributed by atoms with Crippen LogP contribution in [0.25, 0.3) is 60.7 Å². The molecule has 0 amide bonds. The van der Waals surface area contributed by atoms with E-state index in [1.54, 1.807) is 0 Å². The van der Waals surface area contributed by atoms with Crippen molar-refractivity contribution < 1.29 is 4.42 Å². The van der Waals surface area contributed by atoms with Gasteiger partial charge in [0, 0.05) is 38.7 Å². The molecule has 166 valence electrons. The number of nitrogens with zero attached hydrogens (tertiary/aromatic N) is 2. The van der Waals surface area contributed by atoms with E-state index in [0.717, 1.165) is 27.9 Å². The maximum atomic E-state index is 6.69. The summed E-state index contributed by atoms with van der Waals surface area (Å²) in [5, 5.41) is 4.80. The van der Waals surface area contributed by atoms with Gasteiger partial charge in [0.1, 0.15) is 17.0 Å². The molecule has 0 bridgehead atoms. The number of rotatable bonds is 1. The summed E-state index contributed by atoms with van der Waals surface area (Å²) in [5.41, 5.74) is 9.21. The van der Waals surface area contributed by atoms with Crippen molar-refractivity contribution in [3.05, 3.63) is 108 Å². The first-order valence-electron chi connectivity index (χ1n) is 12.1. The molecule has 1 aliphatic carbocycles. The van der Waals surface area contributed by atoms with Crippen LogP contribution >= 0.6 is 0 Å². The number of furan rings is 1. The molecule has 0 saturated carbocycles. The van der Waals surface area contributed by atoms with Crippen LogP contribution in [0.1, 0.15) is 25.0 Å². The first-order valence-corrected chi connectivity index (χ1v) is 12.1. The summed E-state index contributed by atoms with van der Waals surface area (Å²) in [5.74, 6) is 0.930. The van der Waals surface area contributed by atoms with Crippen LogP contribution in [0.15, 0.2) is 102 Å². The normalized spacial score (nSPS) is 14.2. The molecule has 0 N–H and O–H groups in total. The Bertz CT molecular complexity index is 1970. The second-order valence-corrected chi connectivity index (χ2v) is 9.99. The SMILES string of the molecule is CC1(C)c2ccccc2-c2c1c1c(c3ccccc3n1-c1ccccn1)c1c2oc2ccccc21. The molecular weight excluding hydrogens is 428 g/mol. The Balaban J connectivity index is 1.76. The predicted octanol–water partition coefficient (Wildman–Crippen LogP) is 8.38. The highest BCUT2D eigenvalue weighted by Gasteiger charge is 2.41. The van der Waals surface area contributed by atoms with Crippen LogP contribution in [0, 0.1) is 0 Å². The van der Waals surface area contributed by atoms with E-state index in [4.69, 9.17) is 9.40 Å². The maximum absolute atomic E-state index is 6.69. The summed E-state index contributed by atoms with van der Waals surface area (Å²) >= 11 is 0. The Kier molecular flexibility index (Phi) is 3.47. The number of fused-ring (bicyclic) bond motifs is 12. The average Bonchev–Trinajstić information content (AvgIpc) is 3.51. The molecule has 1 aliphatic rings. The molecule has 0 aliphatic heterocycles. The minimum Gasteiger partial charge on any atom is -0.455 e. The van der Waals surface area contributed by atoms with Gasteiger partial charge in [-0.3, -0.25) is 4.57 Å². The summed E-state index contributed by atoms with van der Waals surface area (Å²) in [6.07, 6.45) is 1.88. The van der Waals surface area contributed by atoms with Gasteiger partial charge in [-0.05, 0) is 41.0 Å². The van der Waals surface area contributed by atoms with Crippen molar-refractivity contribution in [1.29, 1.82) is 0 Å². The first-order chi connectivity index (χ1) is 17.2. The van der Waals surface area contributed by atoms with Crippen LogP contribution in [0.3, 0.4) is 0 Å². The molecule has 8 rings (SSSR count). The lowest BCUT2D eigenvalue weighted by atomic mass is 9.81. The van der Waals surface area contributed by atoms with E-state index in [2.05, 4.69) is 103 Å². The van der Waals surface area contributed by atoms with Crippen molar-refractivity contribution in [2.45, 2.75) is 19.3 Å². The van der Waals surface area contributed by atoms with Crippen LogP contribution < -0.4 is 0 Å². The zero-order chi connectivity index (χ0) is 23.3. The number of hydrogen-bond donors (Lipinski definition) is 0. The van der Waals surface area contributed by atoms with E-state index in [-0.39, 0.29) is 5.41 Å². The molecule has 0 radical (unpaired) electrons. The average molecular weight is 451 g/mol. The van der Waals surface area contributed by atoms with Crippen LogP contribution in [0.2, 0.25) is 0 Å². The summed E-state index contributed by atoms with van der Waals surface area (Å²) in [6, 6.07) is 32.1. The molecule has 3 heterocycles. The van der Waals surface area contributed by atoms with E-state index in [1.807, 2.05) is 12.3 Å². The molecule has 4 aromatic carbocycles. The molecule has 0 atom stereocenters. The van der Waals surface area contributed by atoms with Crippen molar-refractivity contribution in [1.82, 2.24) is 9.55 Å². The van der Waals surface area contributed by atoms with Crippen molar-refractivity contribution in [3.63, 3.8) is 0 Å². The summed E-state index contributed by atoms with van der Waals surface area (Å²) < 4.78 is 9.05. The summed E-state index contributed by atoms with van der Waals surface area (Å²) in [4.78, 5) is 4.81. The van der Waals surface area contributed by atoms with Crippen LogP contribution in [-0.4, -0.2) is 9.55 Å². The molecule has 35 heavy (non-hydrogen) atoms. The number of aromatic nitrogens is 2. The van der Waals surface area contributed by atoms with Gasteiger partial charge in [0.25, 0.3) is 0 Å². The third-order valence-electron chi connectivity index (χ3n) is 7.81. The van der Waals surface area contributed by atoms with Gasteiger partial charge in [-0.15, -0.1) is 0 Å². The monoisotopic (exact) mass is 450 g/mol. The number of pyridine rings is 1. The lowest BCUT2D eigenvalue weighted by Crippen LogP contribution is -2.16. The van der Waals surface area contributed by atoms with E-state index in [9.17, 15) is 0 Å². The largest absolute Gasteiger partial charge is 0.455 e. The number of benzene rings is 4. The minimum absolute atomic E-state index is 0.196. The number of hydrogen-bond acceptors (Lipinski definition) is 2. The van der Waals surface area contributed by atoms with Gasteiger partial charge < -0.3 is 4.42 Å². The Morgan fingerprint density at radius 3 is 2.34 bits per heavy atom. The van der Waals surface area contributed by atoms with Crippen LogP contribution in [0.5, 0.6) is 0 Å². The highest BCUT2D eigenvalue weighted by atomic mass is 16.3. The van der Waals surface area contributed by atoms with Crippen molar-refractivity contribution in [2.75, 3.05) is 0 Å². The molecule has 3 nitrogen and oxygen atoms in total. The molecule has 7 aromatic rings. The zero-order valence-corrected chi connectivity index (χ0v) is 19.5. The Labute approximate surface area is 202 Å². The van der Waals surface area contributed by atoms with Gasteiger partial charge in [0.15, 0.2) is 0 Å². The maximum Gasteiger partial charge on any atom is 0.144 e. The standard InChI is InChI=1S/C32H22N2O/c1-32(2)22-14-6-3-11-19(22)28-29(32)30-26(27-21-13-5-8-16-24(21)35-31(27)28)20-12-4-7-15-23(20)34(30)25-17-9-10-18-33-25/h3-18H,1-2H3. The topological polar surface area (TPSA) is 31.0 Å². The van der Waals surface area contributed by atoms with Crippen LogP contribution in [0.4, 0.5) is 0 Å². The van der Waals surface area contributed by atoms with Gasteiger partial charge in [-0.2, -0.15) is 0 Å². The molecule has 0 saturated heterocycles. The fourth-order valence-corrected chi connectivity index (χ4v) is 6.40. The fraction of sp³-hybridized carbons (Fsp3) is 0.0938. The summed E-state index contributed by atoms with van der Waals surface area (Å²) in [7, 11) is 0. The van der Waals surface area contributed by atoms with Gasteiger partial charge in [-0.25, -0.2) is 4.98 Å². The van der Waals surface area contributed by atoms with E-state index >= 15 is 0 Å². The van der Waals surface area contributed by atoms with Crippen LogP contribution in [-0.2, 0) is 5.41 Å². The second-order valence-electron chi connectivity index (χ2n) is 9.99. The van der Waals surface area contributed by atoms with Crippen molar-refractivity contribution in [3.8, 4) is 16.9 Å². The fourth-order valence-electron chi connectivity index (χ4n) is 6.40. The smallest absolute Gasteiger partial charge is 0.144 e. The molecule has 3 aromatic heterocycles. The Morgan fingerprint density at radius 2 is 1.49 bits per heavy atom. The molecular formula is C32H22N2O. The predicted molar refractivity (Wildman–Crippen MR) is 143 cm³/mol. The Morgan fingerprint density at radius 1 is 0.743 bits per heavy atom. The van der Waals surface area contributed by atoms with Crippen molar-refractivity contribution >= 4 is 43.7 Å². The van der Waals surface area contributed by atoms with E-state index in [1.165, 1.54) is 43.9 Å². The van der Waals surface area contributed by atoms with Gasteiger partial charge in [0.05, 0.1) is 11.0 Å². The van der Waals surface area contributed by atoms with E-state index in [0.29, 0.717) is 0 Å². The van der Waals surface area contributed by atoms with Gasteiger partial charge in [-0.1, -0.05) is 80.6 Å². The second kappa shape index (κ2) is 6.39. The quantitative estimate of drug-likeness (QED) is 0.251. The number of para-hydroxylation sites is 2. The minimum atomic E-state index is -0.196. The van der Waals surface area contributed by atoms with Crippen molar-refractivity contribution in [2.24, 2.45) is 0 Å². The third kappa shape index (κ3) is 2.23. The third-order valence-corrected chi connectivity index (χ3v) is 7.81. The first kappa shape index (κ1) is 19.0. The molecule has 0 fully saturated rings. The lowest BCUT2D eigenvalue weighted by Gasteiger charge is -2.23. The van der Waals surface area contributed by atoms with Gasteiger partial charge in [0.2, 0.25) is 0 Å². The van der Waals surface area contributed by atoms with E-state index < -0.39 is 0 Å². The van der Waals surface area contributed by atoms with Gasteiger partial charge >= 0.3 is 0 Å².